The van der Waals surface area contributed by atoms with Crippen LogP contribution in [0.3, 0.4) is 0 Å². The van der Waals surface area contributed by atoms with Crippen LogP contribution >= 0.6 is 11.6 Å². The maximum Gasteiger partial charge on any atom is 0.344 e. The average molecular weight is 378 g/mol. The second-order valence-corrected chi connectivity index (χ2v) is 5.95. The van der Waals surface area contributed by atoms with Crippen LogP contribution in [0.4, 0.5) is 0 Å². The molecule has 0 aromatic heterocycles. The number of hydrogen-bond donors (Lipinski definition) is 1. The molecule has 0 atom stereocenters. The van der Waals surface area contributed by atoms with Crippen molar-refractivity contribution in [2.24, 2.45) is 0 Å². The van der Waals surface area contributed by atoms with E-state index < -0.39 is 11.9 Å². The van der Waals surface area contributed by atoms with Gasteiger partial charge in [-0.15, -0.1) is 0 Å². The van der Waals surface area contributed by atoms with E-state index in [0.717, 1.165) is 11.1 Å². The maximum atomic E-state index is 11.7. The highest BCUT2D eigenvalue weighted by molar-refractivity contribution is 6.30. The van der Waals surface area contributed by atoms with Crippen LogP contribution in [0.15, 0.2) is 42.5 Å². The number of aryl methyl sites for hydroxylation is 1. The standard InChI is InChI=1S/C19H20ClNO5/c1-13-6-7-16(17(8-13)24-2)25-12-19(23)26-11-18(22)21-10-14-4-3-5-15(20)9-14/h3-9H,10-12H2,1-2H3,(H,21,22). The van der Waals surface area contributed by atoms with Gasteiger partial charge in [0.25, 0.3) is 5.91 Å². The third-order valence-corrected chi connectivity index (χ3v) is 3.64. The van der Waals surface area contributed by atoms with E-state index in [4.69, 9.17) is 25.8 Å². The number of nitrogens with one attached hydrogen (secondary N) is 1. The number of amides is 1. The molecule has 7 heteroatoms. The lowest BCUT2D eigenvalue weighted by molar-refractivity contribution is -0.150. The van der Waals surface area contributed by atoms with Crippen molar-refractivity contribution in [2.75, 3.05) is 20.3 Å². The average Bonchev–Trinajstić information content (AvgIpc) is 2.63. The summed E-state index contributed by atoms with van der Waals surface area (Å²) in [4.78, 5) is 23.5. The molecule has 2 rings (SSSR count). The Hall–Kier alpha value is -2.73. The fraction of sp³-hybridized carbons (Fsp3) is 0.263. The zero-order chi connectivity index (χ0) is 18.9. The second-order valence-electron chi connectivity index (χ2n) is 5.51. The molecular weight excluding hydrogens is 358 g/mol. The van der Waals surface area contributed by atoms with Crippen LogP contribution < -0.4 is 14.8 Å². The molecule has 6 nitrogen and oxygen atoms in total. The zero-order valence-electron chi connectivity index (χ0n) is 14.6. The van der Waals surface area contributed by atoms with Gasteiger partial charge in [-0.3, -0.25) is 4.79 Å². The van der Waals surface area contributed by atoms with Crippen LogP contribution in [0.25, 0.3) is 0 Å². The van der Waals surface area contributed by atoms with Gasteiger partial charge in [0.05, 0.1) is 7.11 Å². The van der Waals surface area contributed by atoms with E-state index in [-0.39, 0.29) is 13.2 Å². The van der Waals surface area contributed by atoms with Gasteiger partial charge in [-0.25, -0.2) is 4.79 Å². The second kappa shape index (κ2) is 9.68. The van der Waals surface area contributed by atoms with Gasteiger partial charge in [-0.1, -0.05) is 29.8 Å². The Kier molecular flexibility index (Phi) is 7.29. The van der Waals surface area contributed by atoms with Crippen molar-refractivity contribution in [3.63, 3.8) is 0 Å². The van der Waals surface area contributed by atoms with Crippen LogP contribution in [-0.2, 0) is 20.9 Å². The summed E-state index contributed by atoms with van der Waals surface area (Å²) in [7, 11) is 1.52. The summed E-state index contributed by atoms with van der Waals surface area (Å²) in [5, 5.41) is 3.23. The number of esters is 1. The van der Waals surface area contributed by atoms with E-state index in [1.165, 1.54) is 7.11 Å². The van der Waals surface area contributed by atoms with Crippen LogP contribution in [0.1, 0.15) is 11.1 Å². The van der Waals surface area contributed by atoms with Crippen molar-refractivity contribution >= 4 is 23.5 Å². The molecule has 0 saturated heterocycles. The smallest absolute Gasteiger partial charge is 0.344 e. The summed E-state index contributed by atoms with van der Waals surface area (Å²) >= 11 is 5.87. The Bertz CT molecular complexity index is 778. The highest BCUT2D eigenvalue weighted by atomic mass is 35.5. The van der Waals surface area contributed by atoms with Crippen molar-refractivity contribution in [3.8, 4) is 11.5 Å². The van der Waals surface area contributed by atoms with Crippen molar-refractivity contribution in [2.45, 2.75) is 13.5 Å². The summed E-state index contributed by atoms with van der Waals surface area (Å²) in [5.41, 5.74) is 1.86. The molecule has 0 aliphatic carbocycles. The number of carbonyl (C=O) groups is 2. The van der Waals surface area contributed by atoms with Crippen molar-refractivity contribution in [1.82, 2.24) is 5.32 Å². The quantitative estimate of drug-likeness (QED) is 0.716. The zero-order valence-corrected chi connectivity index (χ0v) is 15.3. The number of benzene rings is 2. The summed E-state index contributed by atoms with van der Waals surface area (Å²) in [6.07, 6.45) is 0. The first-order chi connectivity index (χ1) is 12.5. The fourth-order valence-corrected chi connectivity index (χ4v) is 2.33. The van der Waals surface area contributed by atoms with Crippen molar-refractivity contribution in [1.29, 1.82) is 0 Å². The van der Waals surface area contributed by atoms with Crippen LogP contribution in [-0.4, -0.2) is 32.2 Å². The number of hydrogen-bond acceptors (Lipinski definition) is 5. The molecule has 0 heterocycles. The van der Waals surface area contributed by atoms with Gasteiger partial charge < -0.3 is 19.5 Å². The molecule has 138 valence electrons. The Labute approximate surface area is 157 Å². The van der Waals surface area contributed by atoms with Gasteiger partial charge in [0.1, 0.15) is 0 Å². The lowest BCUT2D eigenvalue weighted by Crippen LogP contribution is -2.29. The molecule has 0 aliphatic heterocycles. The Morgan fingerprint density at radius 2 is 1.88 bits per heavy atom. The van der Waals surface area contributed by atoms with Gasteiger partial charge in [0.15, 0.2) is 24.7 Å². The molecule has 1 N–H and O–H groups in total. The van der Waals surface area contributed by atoms with Gasteiger partial charge >= 0.3 is 5.97 Å². The Balaban J connectivity index is 1.72. The van der Waals surface area contributed by atoms with E-state index in [0.29, 0.717) is 23.1 Å². The third kappa shape index (κ3) is 6.29. The third-order valence-electron chi connectivity index (χ3n) is 3.41. The summed E-state index contributed by atoms with van der Waals surface area (Å²) in [6.45, 7) is 1.52. The molecule has 1 amide bonds. The highest BCUT2D eigenvalue weighted by Gasteiger charge is 2.11. The molecule has 0 bridgehead atoms. The number of halogens is 1. The molecular formula is C19H20ClNO5. The van der Waals surface area contributed by atoms with Gasteiger partial charge in [0, 0.05) is 11.6 Å². The van der Waals surface area contributed by atoms with Gasteiger partial charge in [-0.05, 0) is 42.3 Å². The minimum Gasteiger partial charge on any atom is -0.493 e. The predicted molar refractivity (Wildman–Crippen MR) is 97.5 cm³/mol. The molecule has 26 heavy (non-hydrogen) atoms. The maximum absolute atomic E-state index is 11.7. The summed E-state index contributed by atoms with van der Waals surface area (Å²) in [5.74, 6) is -0.103. The molecule has 0 unspecified atom stereocenters. The first kappa shape index (κ1) is 19.6. The minimum absolute atomic E-state index is 0.300. The number of ether oxygens (including phenoxy) is 3. The van der Waals surface area contributed by atoms with Crippen LogP contribution in [0.5, 0.6) is 11.5 Å². The van der Waals surface area contributed by atoms with E-state index in [1.54, 1.807) is 30.3 Å². The van der Waals surface area contributed by atoms with Gasteiger partial charge in [-0.2, -0.15) is 0 Å². The molecule has 0 radical (unpaired) electrons. The largest absolute Gasteiger partial charge is 0.493 e. The monoisotopic (exact) mass is 377 g/mol. The first-order valence-electron chi connectivity index (χ1n) is 7.92. The minimum atomic E-state index is -0.648. The SMILES string of the molecule is COc1cc(C)ccc1OCC(=O)OCC(=O)NCc1cccc(Cl)c1. The highest BCUT2D eigenvalue weighted by Crippen LogP contribution is 2.27. The number of methoxy groups -OCH3 is 1. The molecule has 0 fully saturated rings. The lowest BCUT2D eigenvalue weighted by Gasteiger charge is -2.11. The van der Waals surface area contributed by atoms with E-state index in [9.17, 15) is 9.59 Å². The Morgan fingerprint density at radius 1 is 1.08 bits per heavy atom. The predicted octanol–water partition coefficient (Wildman–Crippen LogP) is 2.90. The summed E-state index contributed by atoms with van der Waals surface area (Å²) < 4.78 is 15.5. The van der Waals surface area contributed by atoms with Crippen LogP contribution in [0.2, 0.25) is 5.02 Å². The number of carbonyl (C=O) groups excluding carboxylic acids is 2. The van der Waals surface area contributed by atoms with Crippen molar-refractivity contribution < 1.29 is 23.8 Å². The topological polar surface area (TPSA) is 73.9 Å². The van der Waals surface area contributed by atoms with Gasteiger partial charge in [0.2, 0.25) is 0 Å². The van der Waals surface area contributed by atoms with Crippen molar-refractivity contribution in [3.05, 3.63) is 58.6 Å². The Morgan fingerprint density at radius 3 is 2.62 bits per heavy atom. The molecule has 2 aromatic rings. The molecule has 0 saturated carbocycles. The molecule has 0 aliphatic rings. The first-order valence-corrected chi connectivity index (χ1v) is 8.30. The normalized spacial score (nSPS) is 10.1. The lowest BCUT2D eigenvalue weighted by atomic mass is 10.2. The summed E-state index contributed by atoms with van der Waals surface area (Å²) in [6, 6.07) is 12.5. The van der Waals surface area contributed by atoms with E-state index in [1.807, 2.05) is 19.1 Å². The van der Waals surface area contributed by atoms with E-state index >= 15 is 0 Å². The molecule has 2 aromatic carbocycles. The molecule has 0 spiro atoms. The fourth-order valence-electron chi connectivity index (χ4n) is 2.12. The number of rotatable bonds is 8. The van der Waals surface area contributed by atoms with E-state index in [2.05, 4.69) is 5.32 Å². The van der Waals surface area contributed by atoms with Crippen LogP contribution in [0, 0.1) is 6.92 Å².